The summed E-state index contributed by atoms with van der Waals surface area (Å²) in [6, 6.07) is 17.8. The van der Waals surface area contributed by atoms with Crippen molar-refractivity contribution in [3.63, 3.8) is 0 Å². The second kappa shape index (κ2) is 13.5. The Hall–Kier alpha value is -3.50. The Kier molecular flexibility index (Phi) is 9.07. The zero-order valence-corrected chi connectivity index (χ0v) is 33.5. The molecule has 316 valence electrons. The molecule has 0 amide bonds. The molecule has 5 heterocycles. The number of ether oxygens (including phenoxy) is 6. The van der Waals surface area contributed by atoms with E-state index in [-0.39, 0.29) is 24.7 Å². The number of aliphatic hydroxyl groups is 5. The predicted molar refractivity (Wildman–Crippen MR) is 207 cm³/mol. The Labute approximate surface area is 342 Å². The van der Waals surface area contributed by atoms with E-state index < -0.39 is 113 Å². The number of allylic oxidation sites excluding steroid dienone is 2. The summed E-state index contributed by atoms with van der Waals surface area (Å²) in [5, 5.41) is 63.4. The van der Waals surface area contributed by atoms with E-state index in [0.29, 0.717) is 17.5 Å². The van der Waals surface area contributed by atoms with Crippen LogP contribution >= 0.6 is 0 Å². The molecule has 5 N–H and O–H groups in total. The zero-order valence-electron chi connectivity index (χ0n) is 33.5. The number of esters is 2. The van der Waals surface area contributed by atoms with Crippen LogP contribution in [0.1, 0.15) is 75.2 Å². The molecule has 0 radical (unpaired) electrons. The smallest absolute Gasteiger partial charge is 0.338 e. The highest BCUT2D eigenvalue weighted by Gasteiger charge is 2.91. The fourth-order valence-corrected chi connectivity index (χ4v) is 13.1. The fourth-order valence-electron chi connectivity index (χ4n) is 13.1. The molecule has 5 aliphatic heterocycles. The van der Waals surface area contributed by atoms with Crippen LogP contribution in [-0.4, -0.2) is 109 Å². The molecule has 0 aromatic heterocycles. The van der Waals surface area contributed by atoms with E-state index >= 15 is 0 Å². The molecule has 13 nitrogen and oxygen atoms in total. The third-order valence-corrected chi connectivity index (χ3v) is 15.8. The lowest BCUT2D eigenvalue weighted by Crippen LogP contribution is -2.89. The van der Waals surface area contributed by atoms with Gasteiger partial charge in [-0.1, -0.05) is 87.4 Å². The fraction of sp³-hybridized carbons (Fsp3) is 0.609. The summed E-state index contributed by atoms with van der Waals surface area (Å²) in [6.45, 7) is 4.61. The van der Waals surface area contributed by atoms with E-state index in [9.17, 15) is 35.1 Å². The van der Waals surface area contributed by atoms with Gasteiger partial charge in [0.1, 0.15) is 53.4 Å². The molecule has 1 spiro atoms. The number of aliphatic hydroxyl groups excluding tert-OH is 2. The maximum Gasteiger partial charge on any atom is 0.338 e. The molecular formula is C46H54O13. The van der Waals surface area contributed by atoms with Crippen LogP contribution in [0, 0.1) is 35.5 Å². The minimum Gasteiger partial charge on any atom is -0.456 e. The average Bonchev–Trinajstić information content (AvgIpc) is 3.92. The van der Waals surface area contributed by atoms with Gasteiger partial charge in [-0.2, -0.15) is 0 Å². The highest BCUT2D eigenvalue weighted by Crippen LogP contribution is 2.75. The van der Waals surface area contributed by atoms with Crippen molar-refractivity contribution in [2.45, 2.75) is 130 Å². The van der Waals surface area contributed by atoms with E-state index in [1.165, 1.54) is 12.2 Å². The van der Waals surface area contributed by atoms with E-state index in [1.807, 2.05) is 38.1 Å². The van der Waals surface area contributed by atoms with Crippen LogP contribution in [0.25, 0.3) is 0 Å². The third kappa shape index (κ3) is 5.35. The molecule has 3 unspecified atom stereocenters. The number of benzene rings is 2. The minimum absolute atomic E-state index is 0.126. The van der Waals surface area contributed by atoms with E-state index in [4.69, 9.17) is 28.4 Å². The number of hydrogen-bond acceptors (Lipinski definition) is 13. The lowest BCUT2D eigenvalue weighted by Gasteiger charge is -2.74. The van der Waals surface area contributed by atoms with Gasteiger partial charge in [0.15, 0.2) is 0 Å². The van der Waals surface area contributed by atoms with Crippen molar-refractivity contribution < 1.29 is 63.5 Å². The second-order valence-corrected chi connectivity index (χ2v) is 18.9. The van der Waals surface area contributed by atoms with Crippen molar-refractivity contribution in [3.05, 3.63) is 96.1 Å². The Morgan fingerprint density at radius 2 is 1.59 bits per heavy atom. The zero-order chi connectivity index (χ0) is 41.3. The highest BCUT2D eigenvalue weighted by molar-refractivity contribution is 5.89. The topological polar surface area (TPSA) is 194 Å². The van der Waals surface area contributed by atoms with Crippen molar-refractivity contribution in [1.29, 1.82) is 0 Å². The van der Waals surface area contributed by atoms with Crippen LogP contribution in [-0.2, 0) is 39.2 Å². The lowest BCUT2D eigenvalue weighted by atomic mass is 9.49. The maximum atomic E-state index is 13.7. The summed E-state index contributed by atoms with van der Waals surface area (Å²) >= 11 is 0. The summed E-state index contributed by atoms with van der Waals surface area (Å²) in [7, 11) is 0. The number of epoxide rings is 1. The first-order valence-corrected chi connectivity index (χ1v) is 21.2. The van der Waals surface area contributed by atoms with Gasteiger partial charge in [0.05, 0.1) is 23.4 Å². The minimum atomic E-state index is -2.22. The molecule has 11 rings (SSSR count). The Morgan fingerprint density at radius 1 is 0.881 bits per heavy atom. The Morgan fingerprint density at radius 3 is 2.32 bits per heavy atom. The summed E-state index contributed by atoms with van der Waals surface area (Å²) in [5.74, 6) is -6.61. The second-order valence-electron chi connectivity index (χ2n) is 18.9. The largest absolute Gasteiger partial charge is 0.456 e. The van der Waals surface area contributed by atoms with Crippen molar-refractivity contribution in [2.75, 3.05) is 6.61 Å². The monoisotopic (exact) mass is 814 g/mol. The molecule has 4 saturated heterocycles. The molecule has 59 heavy (non-hydrogen) atoms. The van der Waals surface area contributed by atoms with Crippen LogP contribution in [0.15, 0.2) is 85.0 Å². The van der Waals surface area contributed by atoms with Crippen molar-refractivity contribution >= 4 is 11.9 Å². The maximum absolute atomic E-state index is 13.7. The van der Waals surface area contributed by atoms with Crippen molar-refractivity contribution in [2.24, 2.45) is 35.5 Å². The van der Waals surface area contributed by atoms with Crippen LogP contribution in [0.2, 0.25) is 0 Å². The third-order valence-electron chi connectivity index (χ3n) is 15.8. The van der Waals surface area contributed by atoms with Gasteiger partial charge in [-0.15, -0.1) is 0 Å². The van der Waals surface area contributed by atoms with Crippen LogP contribution in [0.5, 0.6) is 0 Å². The standard InChI is InChI=1S/C46H54O13/c1-25-21-32-43(52)35(25)55-33(48)20-11-10-19-31(54-39(49)28-14-6-4-7-15-28)29-16-12-13-27(22-29)23-41(3,51)45(53)36-26(2)44(32)34(37-42(24-47,56-37)40(43)50)38(45)58-46(57-36,59-44)30-17-8-5-9-18-30/h4-11,14-15,17-20,25-27,29,31-32,34-38,40,47,50-53H,12-13,16,21-24H2,1-3H3/b19-10-,20-11-/t25-,26+,27+,29?,31-,32+,34?,35-,36+,37-,38+,40+,41+,42-,43+,44-,45-,46?/m0/s1. The van der Waals surface area contributed by atoms with E-state index in [1.54, 1.807) is 55.5 Å². The molecular weight excluding hydrogens is 760 g/mol. The summed E-state index contributed by atoms with van der Waals surface area (Å²) in [6.07, 6.45) is 2.19. The number of fused-ring (bicyclic) bond motifs is 3. The first-order valence-electron chi connectivity index (χ1n) is 21.2. The first-order chi connectivity index (χ1) is 28.2. The number of hydrogen-bond donors (Lipinski definition) is 5. The summed E-state index contributed by atoms with van der Waals surface area (Å²) in [4.78, 5) is 27.2. The number of carbonyl (C=O) groups is 2. The van der Waals surface area contributed by atoms with E-state index in [0.717, 1.165) is 19.3 Å². The van der Waals surface area contributed by atoms with Crippen LogP contribution in [0.3, 0.4) is 0 Å². The highest BCUT2D eigenvalue weighted by atomic mass is 16.9. The quantitative estimate of drug-likeness (QED) is 0.223. The van der Waals surface area contributed by atoms with Crippen LogP contribution in [0.4, 0.5) is 0 Å². The normalized spacial score (nSPS) is 51.7. The Bertz CT molecular complexity index is 2040. The van der Waals surface area contributed by atoms with Crippen molar-refractivity contribution in [1.82, 2.24) is 0 Å². The molecule has 4 aliphatic carbocycles. The molecule has 13 heteroatoms. The number of carbonyl (C=O) groups excluding carboxylic acids is 2. The van der Waals surface area contributed by atoms with Gasteiger partial charge >= 0.3 is 17.9 Å². The lowest BCUT2D eigenvalue weighted by molar-refractivity contribution is -0.595. The van der Waals surface area contributed by atoms with Gasteiger partial charge in [0, 0.05) is 29.4 Å². The molecule has 9 aliphatic rings. The molecule has 4 saturated carbocycles. The van der Waals surface area contributed by atoms with Gasteiger partial charge in [-0.05, 0) is 68.6 Å². The molecule has 2 aromatic carbocycles. The predicted octanol–water partition coefficient (Wildman–Crippen LogP) is 3.45. The SMILES string of the molecule is C[C@@H]1[C@H]2OC3(c4ccccc4)O[C@@H]4C5[C@@H]6O[C@]6(CO)[C@@H](O)[C@]6(O)[C@@H](OC(=O)/C=C\C=C/[C@H](OC(=O)c7ccccc7)C7CCC[C@H](C7)C[C@@](C)(O)[C@@]42O)[C@@H](C)C[C@H]6[C@]51O3. The average molecular weight is 815 g/mol. The van der Waals surface area contributed by atoms with Crippen molar-refractivity contribution in [3.8, 4) is 0 Å². The molecule has 8 fully saturated rings. The molecule has 10 bridgehead atoms. The van der Waals surface area contributed by atoms with E-state index in [2.05, 4.69) is 0 Å². The van der Waals surface area contributed by atoms with Gasteiger partial charge < -0.3 is 54.0 Å². The number of rotatable bonds is 4. The van der Waals surface area contributed by atoms with Gasteiger partial charge in [0.25, 0.3) is 0 Å². The molecule has 2 aromatic rings. The summed E-state index contributed by atoms with van der Waals surface area (Å²) in [5.41, 5.74) is -8.46. The van der Waals surface area contributed by atoms with Gasteiger partial charge in [-0.3, -0.25) is 0 Å². The molecule has 18 atom stereocenters. The summed E-state index contributed by atoms with van der Waals surface area (Å²) < 4.78 is 39.6. The Balaban J connectivity index is 1.13. The van der Waals surface area contributed by atoms with Gasteiger partial charge in [-0.25, -0.2) is 9.59 Å². The first kappa shape index (κ1) is 39.6. The van der Waals surface area contributed by atoms with Crippen LogP contribution < -0.4 is 0 Å². The van der Waals surface area contributed by atoms with Gasteiger partial charge in [0.2, 0.25) is 0 Å².